The summed E-state index contributed by atoms with van der Waals surface area (Å²) in [4.78, 5) is 13.1. The molecule has 13 heteroatoms. The van der Waals surface area contributed by atoms with E-state index in [0.29, 0.717) is 5.56 Å². The van der Waals surface area contributed by atoms with Crippen LogP contribution in [0.4, 0.5) is 0 Å². The summed E-state index contributed by atoms with van der Waals surface area (Å²) in [5, 5.41) is 71.5. The van der Waals surface area contributed by atoms with E-state index in [1.807, 2.05) is 0 Å². The van der Waals surface area contributed by atoms with Crippen molar-refractivity contribution in [2.45, 2.75) is 49.0 Å². The normalized spacial score (nSPS) is 31.3. The average Bonchev–Trinajstić information content (AvgIpc) is 2.91. The minimum absolute atomic E-state index is 0.00483. The first kappa shape index (κ1) is 27.3. The van der Waals surface area contributed by atoms with Crippen LogP contribution in [-0.4, -0.2) is 99.0 Å². The molecule has 2 aliphatic heterocycles. The number of hydrogen-bond acceptors (Lipinski definition) is 13. The molecule has 2 aromatic carbocycles. The number of fused-ring (bicyclic) bond motifs is 1. The number of phenolic OH excluding ortho intramolecular Hbond substituents is 2. The van der Waals surface area contributed by atoms with Crippen molar-refractivity contribution in [3.8, 4) is 28.6 Å². The third-order valence-corrected chi connectivity index (χ3v) is 6.86. The monoisotopic (exact) mass is 548 g/mol. The van der Waals surface area contributed by atoms with Gasteiger partial charge in [-0.3, -0.25) is 4.79 Å². The van der Waals surface area contributed by atoms with Gasteiger partial charge in [0.05, 0.1) is 25.9 Å². The quantitative estimate of drug-likeness (QED) is 0.215. The molecule has 2 aliphatic rings. The van der Waals surface area contributed by atoms with Crippen molar-refractivity contribution in [2.75, 3.05) is 20.3 Å². The predicted octanol–water partition coefficient (Wildman–Crippen LogP) is -0.503. The number of benzene rings is 2. The summed E-state index contributed by atoms with van der Waals surface area (Å²) in [6.07, 6.45) is -12.0. The zero-order valence-electron chi connectivity index (χ0n) is 20.6. The Balaban J connectivity index is 1.66. The number of aromatic hydroxyl groups is 2. The van der Waals surface area contributed by atoms with Gasteiger partial charge in [0, 0.05) is 17.7 Å². The van der Waals surface area contributed by atoms with Gasteiger partial charge in [-0.1, -0.05) is 0 Å². The Hall–Kier alpha value is -3.27. The summed E-state index contributed by atoms with van der Waals surface area (Å²) in [7, 11) is 1.29. The van der Waals surface area contributed by atoms with Gasteiger partial charge in [-0.05, 0) is 24.3 Å². The van der Waals surface area contributed by atoms with Crippen LogP contribution in [0, 0.1) is 0 Å². The maximum absolute atomic E-state index is 13.1. The molecule has 0 aliphatic carbocycles. The number of aliphatic hydroxyl groups excluding tert-OH is 5. The molecule has 0 radical (unpaired) electrons. The van der Waals surface area contributed by atoms with Crippen molar-refractivity contribution in [2.24, 2.45) is 0 Å². The lowest BCUT2D eigenvalue weighted by atomic mass is 9.91. The van der Waals surface area contributed by atoms with Crippen LogP contribution in [0.15, 0.2) is 45.6 Å². The highest BCUT2D eigenvalue weighted by Gasteiger charge is 2.47. The molecule has 13 nitrogen and oxygen atoms in total. The third-order valence-electron chi connectivity index (χ3n) is 6.86. The largest absolute Gasteiger partial charge is 0.508 e. The highest BCUT2D eigenvalue weighted by molar-refractivity contribution is 5.89. The van der Waals surface area contributed by atoms with Crippen LogP contribution in [0.25, 0.3) is 22.3 Å². The molecule has 0 saturated carbocycles. The second-order valence-electron chi connectivity index (χ2n) is 9.40. The molecule has 0 bridgehead atoms. The van der Waals surface area contributed by atoms with Gasteiger partial charge in [-0.15, -0.1) is 0 Å². The fourth-order valence-electron chi connectivity index (χ4n) is 4.77. The second kappa shape index (κ2) is 10.7. The molecule has 5 rings (SSSR count). The van der Waals surface area contributed by atoms with E-state index in [4.69, 9.17) is 23.4 Å². The van der Waals surface area contributed by atoms with Crippen molar-refractivity contribution in [3.63, 3.8) is 0 Å². The summed E-state index contributed by atoms with van der Waals surface area (Å²) < 4.78 is 28.5. The smallest absolute Gasteiger partial charge is 0.197 e. The van der Waals surface area contributed by atoms with Gasteiger partial charge in [0.15, 0.2) is 17.3 Å². The molecule has 210 valence electrons. The molecular formula is C26H28O13. The van der Waals surface area contributed by atoms with Crippen LogP contribution >= 0.6 is 0 Å². The Kier molecular flexibility index (Phi) is 7.50. The molecule has 3 heterocycles. The van der Waals surface area contributed by atoms with Gasteiger partial charge in [0.2, 0.25) is 0 Å². The SMILES string of the molecule is COc1cc(O)c2c(=O)cc(-c3ccc(O)cc3)oc2c1C1OCC(O)C(O)C1OC1OCC(O)C(O)C1O. The number of phenols is 2. The lowest BCUT2D eigenvalue weighted by Crippen LogP contribution is -2.58. The van der Waals surface area contributed by atoms with Crippen LogP contribution in [0.2, 0.25) is 0 Å². The fourth-order valence-corrected chi connectivity index (χ4v) is 4.77. The van der Waals surface area contributed by atoms with Crippen LogP contribution in [0.1, 0.15) is 11.7 Å². The summed E-state index contributed by atoms with van der Waals surface area (Å²) in [6, 6.07) is 8.16. The van der Waals surface area contributed by atoms with Crippen molar-refractivity contribution >= 4 is 11.0 Å². The molecule has 7 N–H and O–H groups in total. The first-order valence-electron chi connectivity index (χ1n) is 12.1. The summed E-state index contributed by atoms with van der Waals surface area (Å²) in [6.45, 7) is -0.745. The zero-order chi connectivity index (χ0) is 28.0. The Morgan fingerprint density at radius 2 is 1.54 bits per heavy atom. The Bertz CT molecular complexity index is 1390. The lowest BCUT2D eigenvalue weighted by Gasteiger charge is -2.43. The minimum Gasteiger partial charge on any atom is -0.508 e. The zero-order valence-corrected chi connectivity index (χ0v) is 20.6. The van der Waals surface area contributed by atoms with E-state index < -0.39 is 60.2 Å². The summed E-state index contributed by atoms with van der Waals surface area (Å²) in [5.74, 6) is -0.379. The van der Waals surface area contributed by atoms with Crippen molar-refractivity contribution in [3.05, 3.63) is 52.2 Å². The van der Waals surface area contributed by atoms with E-state index in [0.717, 1.165) is 6.07 Å². The van der Waals surface area contributed by atoms with E-state index in [1.54, 1.807) is 0 Å². The van der Waals surface area contributed by atoms with Gasteiger partial charge >= 0.3 is 0 Å². The van der Waals surface area contributed by atoms with E-state index >= 15 is 0 Å². The van der Waals surface area contributed by atoms with Crippen molar-refractivity contribution in [1.82, 2.24) is 0 Å². The fraction of sp³-hybridized carbons (Fsp3) is 0.423. The molecule has 0 spiro atoms. The van der Waals surface area contributed by atoms with Crippen LogP contribution in [-0.2, 0) is 14.2 Å². The number of aliphatic hydroxyl groups is 5. The first-order chi connectivity index (χ1) is 18.6. The van der Waals surface area contributed by atoms with Crippen LogP contribution < -0.4 is 10.2 Å². The van der Waals surface area contributed by atoms with Gasteiger partial charge in [0.25, 0.3) is 0 Å². The van der Waals surface area contributed by atoms with Crippen molar-refractivity contribution in [1.29, 1.82) is 0 Å². The van der Waals surface area contributed by atoms with Crippen LogP contribution in [0.3, 0.4) is 0 Å². The Morgan fingerprint density at radius 3 is 2.23 bits per heavy atom. The molecule has 8 atom stereocenters. The minimum atomic E-state index is -1.71. The number of ether oxygens (including phenoxy) is 4. The van der Waals surface area contributed by atoms with E-state index in [9.17, 15) is 40.5 Å². The molecule has 1 aromatic heterocycles. The van der Waals surface area contributed by atoms with Crippen molar-refractivity contribution < 1.29 is 59.1 Å². The molecule has 2 saturated heterocycles. The first-order valence-corrected chi connectivity index (χ1v) is 12.1. The molecule has 8 unspecified atom stereocenters. The highest BCUT2D eigenvalue weighted by atomic mass is 16.7. The summed E-state index contributed by atoms with van der Waals surface area (Å²) in [5.41, 5.74) is -0.299. The summed E-state index contributed by atoms with van der Waals surface area (Å²) >= 11 is 0. The molecule has 39 heavy (non-hydrogen) atoms. The van der Waals surface area contributed by atoms with E-state index in [1.165, 1.54) is 37.4 Å². The van der Waals surface area contributed by atoms with Crippen LogP contribution in [0.5, 0.6) is 17.2 Å². The third kappa shape index (κ3) is 4.95. The predicted molar refractivity (Wildman–Crippen MR) is 131 cm³/mol. The maximum atomic E-state index is 13.1. The number of methoxy groups -OCH3 is 1. The Labute approximate surface area is 220 Å². The standard InChI is InChI=1S/C26H28O13/c1-35-17-7-13(29)18-12(28)6-16(10-2-4-11(27)5-3-10)38-23(18)19(17)24-25(21(33)15(31)8-36-24)39-26-22(34)20(32)14(30)9-37-26/h2-7,14-15,20-22,24-27,29-34H,8-9H2,1H3. The molecule has 3 aromatic rings. The van der Waals surface area contributed by atoms with Gasteiger partial charge < -0.3 is 59.1 Å². The van der Waals surface area contributed by atoms with E-state index in [-0.39, 0.29) is 47.0 Å². The number of hydrogen-bond donors (Lipinski definition) is 7. The van der Waals surface area contributed by atoms with Gasteiger partial charge in [0.1, 0.15) is 71.1 Å². The second-order valence-corrected chi connectivity index (χ2v) is 9.40. The van der Waals surface area contributed by atoms with Gasteiger partial charge in [-0.2, -0.15) is 0 Å². The van der Waals surface area contributed by atoms with Gasteiger partial charge in [-0.25, -0.2) is 0 Å². The lowest BCUT2D eigenvalue weighted by molar-refractivity contribution is -0.316. The average molecular weight is 548 g/mol. The topological polar surface area (TPSA) is 209 Å². The maximum Gasteiger partial charge on any atom is 0.197 e. The van der Waals surface area contributed by atoms with E-state index in [2.05, 4.69) is 0 Å². The number of rotatable bonds is 5. The molecule has 0 amide bonds. The highest BCUT2D eigenvalue weighted by Crippen LogP contribution is 2.44. The molecular weight excluding hydrogens is 520 g/mol. The Morgan fingerprint density at radius 1 is 0.872 bits per heavy atom. The molecule has 2 fully saturated rings.